The SMILES string of the molecule is CCCCOC(=O)OC/N=C(/N)c1ccc(NCc2nc3cc(C(=O)N(CCC(=O)OCC)c4ccccn4)ccc3n2C)cc1. The first-order valence-electron chi connectivity index (χ1n) is 15.1. The fourth-order valence-electron chi connectivity index (χ4n) is 4.49. The van der Waals surface area contributed by atoms with E-state index in [1.165, 1.54) is 4.90 Å². The average Bonchev–Trinajstić information content (AvgIpc) is 3.38. The number of rotatable bonds is 15. The van der Waals surface area contributed by atoms with E-state index in [2.05, 4.69) is 15.3 Å². The number of aromatic nitrogens is 3. The number of imidazole rings is 1. The summed E-state index contributed by atoms with van der Waals surface area (Å²) in [4.78, 5) is 51.8. The second kappa shape index (κ2) is 16.6. The van der Waals surface area contributed by atoms with Crippen LogP contribution >= 0.6 is 0 Å². The number of aryl methyl sites for hydroxylation is 1. The molecule has 2 aromatic carbocycles. The van der Waals surface area contributed by atoms with Gasteiger partial charge >= 0.3 is 12.1 Å². The number of amides is 1. The van der Waals surface area contributed by atoms with Gasteiger partial charge in [0.15, 0.2) is 6.73 Å². The summed E-state index contributed by atoms with van der Waals surface area (Å²) in [5.74, 6) is 0.758. The van der Waals surface area contributed by atoms with Crippen molar-refractivity contribution in [3.05, 3.63) is 83.8 Å². The van der Waals surface area contributed by atoms with Crippen molar-refractivity contribution in [3.63, 3.8) is 0 Å². The number of ether oxygens (including phenoxy) is 3. The number of unbranched alkanes of at least 4 members (excludes halogenated alkanes) is 1. The highest BCUT2D eigenvalue weighted by molar-refractivity contribution is 6.07. The smallest absolute Gasteiger partial charge is 0.466 e. The van der Waals surface area contributed by atoms with Crippen LogP contribution in [0.3, 0.4) is 0 Å². The summed E-state index contributed by atoms with van der Waals surface area (Å²) in [6.07, 6.45) is 2.56. The van der Waals surface area contributed by atoms with Crippen LogP contribution in [-0.4, -0.2) is 64.9 Å². The molecule has 3 N–H and O–H groups in total. The molecule has 242 valence electrons. The number of hydrogen-bond acceptors (Lipinski definition) is 10. The molecule has 2 heterocycles. The molecule has 0 fully saturated rings. The van der Waals surface area contributed by atoms with Crippen LogP contribution in [0.4, 0.5) is 16.3 Å². The van der Waals surface area contributed by atoms with E-state index >= 15 is 0 Å². The maximum Gasteiger partial charge on any atom is 0.510 e. The Bertz CT molecular complexity index is 1650. The van der Waals surface area contributed by atoms with Crippen molar-refractivity contribution in [2.45, 2.75) is 39.7 Å². The largest absolute Gasteiger partial charge is 0.510 e. The Morgan fingerprint density at radius 3 is 2.50 bits per heavy atom. The summed E-state index contributed by atoms with van der Waals surface area (Å²) in [6.45, 7) is 4.64. The molecular formula is C33H39N7O6. The molecule has 0 aliphatic rings. The topological polar surface area (TPSA) is 163 Å². The predicted molar refractivity (Wildman–Crippen MR) is 175 cm³/mol. The van der Waals surface area contributed by atoms with Gasteiger partial charge in [0.25, 0.3) is 5.91 Å². The van der Waals surface area contributed by atoms with Gasteiger partial charge in [-0.3, -0.25) is 14.5 Å². The summed E-state index contributed by atoms with van der Waals surface area (Å²) < 4.78 is 16.8. The van der Waals surface area contributed by atoms with Gasteiger partial charge in [-0.1, -0.05) is 19.4 Å². The highest BCUT2D eigenvalue weighted by Gasteiger charge is 2.21. The first-order chi connectivity index (χ1) is 22.3. The molecule has 13 heteroatoms. The summed E-state index contributed by atoms with van der Waals surface area (Å²) in [5.41, 5.74) is 9.50. The van der Waals surface area contributed by atoms with E-state index < -0.39 is 6.16 Å². The predicted octanol–water partition coefficient (Wildman–Crippen LogP) is 4.80. The Morgan fingerprint density at radius 2 is 1.78 bits per heavy atom. The van der Waals surface area contributed by atoms with Crippen LogP contribution in [0, 0.1) is 0 Å². The van der Waals surface area contributed by atoms with Crippen molar-refractivity contribution >= 4 is 46.4 Å². The standard InChI is InChI=1S/C33H39N7O6/c1-4-6-19-45-33(43)46-22-37-31(34)23-10-13-25(14-11-23)36-21-29-38-26-20-24(12-15-27(26)39(29)3)32(42)40(18-16-30(41)44-5-2)28-9-7-8-17-35-28/h7-15,17,20,36H,4-6,16,18-19,21-22H2,1-3H3,(H2,34,37). The quantitative estimate of drug-likeness (QED) is 0.0808. The monoisotopic (exact) mass is 629 g/mol. The summed E-state index contributed by atoms with van der Waals surface area (Å²) >= 11 is 0. The number of nitrogens with one attached hydrogen (secondary N) is 1. The molecule has 46 heavy (non-hydrogen) atoms. The van der Waals surface area contributed by atoms with Crippen molar-refractivity contribution in [2.75, 3.05) is 36.7 Å². The molecule has 0 aliphatic heterocycles. The molecule has 13 nitrogen and oxygen atoms in total. The number of amidine groups is 1. The number of aliphatic imine (C=N–C) groups is 1. The fourth-order valence-corrected chi connectivity index (χ4v) is 4.49. The van der Waals surface area contributed by atoms with Gasteiger partial charge in [-0.25, -0.2) is 19.8 Å². The maximum absolute atomic E-state index is 13.6. The van der Waals surface area contributed by atoms with Gasteiger partial charge in [0, 0.05) is 36.6 Å². The molecule has 4 rings (SSSR count). The summed E-state index contributed by atoms with van der Waals surface area (Å²) in [5, 5.41) is 3.35. The highest BCUT2D eigenvalue weighted by Crippen LogP contribution is 2.21. The van der Waals surface area contributed by atoms with Crippen LogP contribution in [0.1, 0.15) is 54.9 Å². The number of nitrogens with zero attached hydrogens (tertiary/aromatic N) is 5. The number of carbonyl (C=O) groups excluding carboxylic acids is 3. The minimum absolute atomic E-state index is 0.0439. The third kappa shape index (κ3) is 9.03. The van der Waals surface area contributed by atoms with Gasteiger partial charge in [0.05, 0.1) is 37.2 Å². The van der Waals surface area contributed by atoms with Gasteiger partial charge < -0.3 is 29.8 Å². The lowest BCUT2D eigenvalue weighted by Crippen LogP contribution is -2.34. The molecule has 0 atom stereocenters. The van der Waals surface area contributed by atoms with Crippen LogP contribution < -0.4 is 16.0 Å². The molecule has 0 bridgehead atoms. The third-order valence-corrected chi connectivity index (χ3v) is 7.00. The molecule has 0 unspecified atom stereocenters. The number of anilines is 2. The van der Waals surface area contributed by atoms with E-state index in [-0.39, 0.29) is 44.0 Å². The minimum atomic E-state index is -0.771. The number of pyridine rings is 1. The molecule has 0 saturated heterocycles. The Balaban J connectivity index is 1.39. The Kier molecular flexibility index (Phi) is 12.0. The molecule has 2 aromatic heterocycles. The number of carbonyl (C=O) groups is 3. The van der Waals surface area contributed by atoms with Crippen LogP contribution in [0.15, 0.2) is 71.9 Å². The van der Waals surface area contributed by atoms with Crippen LogP contribution in [-0.2, 0) is 32.6 Å². The lowest BCUT2D eigenvalue weighted by Gasteiger charge is -2.21. The van der Waals surface area contributed by atoms with Gasteiger partial charge in [-0.05, 0) is 67.9 Å². The van der Waals surface area contributed by atoms with E-state index in [9.17, 15) is 14.4 Å². The van der Waals surface area contributed by atoms with E-state index in [1.54, 1.807) is 43.5 Å². The zero-order valence-electron chi connectivity index (χ0n) is 26.3. The number of benzene rings is 2. The number of nitrogens with two attached hydrogens (primary N) is 1. The lowest BCUT2D eigenvalue weighted by molar-refractivity contribution is -0.142. The van der Waals surface area contributed by atoms with Crippen molar-refractivity contribution in [1.29, 1.82) is 0 Å². The second-order valence-electron chi connectivity index (χ2n) is 10.2. The van der Waals surface area contributed by atoms with Crippen molar-refractivity contribution in [3.8, 4) is 0 Å². The molecule has 0 saturated carbocycles. The maximum atomic E-state index is 13.6. The average molecular weight is 630 g/mol. The first kappa shape index (κ1) is 33.4. The molecular weight excluding hydrogens is 590 g/mol. The number of hydrogen-bond donors (Lipinski definition) is 2. The Hall–Kier alpha value is -5.46. The number of fused-ring (bicyclic) bond motifs is 1. The summed E-state index contributed by atoms with van der Waals surface area (Å²) in [7, 11) is 1.91. The molecule has 1 amide bonds. The molecule has 4 aromatic rings. The van der Waals surface area contributed by atoms with E-state index in [1.807, 2.05) is 48.9 Å². The van der Waals surface area contributed by atoms with E-state index in [0.29, 0.717) is 35.6 Å². The van der Waals surface area contributed by atoms with Crippen molar-refractivity contribution in [1.82, 2.24) is 14.5 Å². The van der Waals surface area contributed by atoms with Gasteiger partial charge in [0.2, 0.25) is 0 Å². The van der Waals surface area contributed by atoms with Crippen LogP contribution in [0.2, 0.25) is 0 Å². The van der Waals surface area contributed by atoms with Crippen LogP contribution in [0.5, 0.6) is 0 Å². The number of esters is 1. The Labute approximate surface area is 267 Å². The van der Waals surface area contributed by atoms with Gasteiger partial charge in [-0.2, -0.15) is 0 Å². The zero-order valence-corrected chi connectivity index (χ0v) is 26.3. The van der Waals surface area contributed by atoms with Crippen molar-refractivity contribution < 1.29 is 28.6 Å². The fraction of sp³-hybridized carbons (Fsp3) is 0.333. The molecule has 0 spiro atoms. The first-order valence-corrected chi connectivity index (χ1v) is 15.1. The normalized spacial score (nSPS) is 11.2. The Morgan fingerprint density at radius 1 is 1.00 bits per heavy atom. The lowest BCUT2D eigenvalue weighted by atomic mass is 10.1. The van der Waals surface area contributed by atoms with Gasteiger partial charge in [-0.15, -0.1) is 0 Å². The summed E-state index contributed by atoms with van der Waals surface area (Å²) in [6, 6.07) is 18.0. The van der Waals surface area contributed by atoms with Crippen molar-refractivity contribution in [2.24, 2.45) is 17.8 Å². The van der Waals surface area contributed by atoms with Gasteiger partial charge in [0.1, 0.15) is 17.5 Å². The molecule has 0 aliphatic carbocycles. The third-order valence-electron chi connectivity index (χ3n) is 7.00. The van der Waals surface area contributed by atoms with E-state index in [4.69, 9.17) is 24.9 Å². The van der Waals surface area contributed by atoms with Crippen LogP contribution in [0.25, 0.3) is 11.0 Å². The minimum Gasteiger partial charge on any atom is -0.466 e. The second-order valence-corrected chi connectivity index (χ2v) is 10.2. The van der Waals surface area contributed by atoms with E-state index in [0.717, 1.165) is 29.9 Å². The highest BCUT2D eigenvalue weighted by atomic mass is 16.7. The molecule has 0 radical (unpaired) electrons. The zero-order chi connectivity index (χ0) is 32.9.